The van der Waals surface area contributed by atoms with E-state index < -0.39 is 5.41 Å². The summed E-state index contributed by atoms with van der Waals surface area (Å²) in [5, 5.41) is 10.8. The number of rotatable bonds is 2. The molecule has 0 saturated carbocycles. The quantitative estimate of drug-likeness (QED) is 0.872. The van der Waals surface area contributed by atoms with Gasteiger partial charge in [0.1, 0.15) is 0 Å². The molecule has 4 heteroatoms. The summed E-state index contributed by atoms with van der Waals surface area (Å²) in [6.07, 6.45) is 4.23. The van der Waals surface area contributed by atoms with E-state index in [-0.39, 0.29) is 11.2 Å². The van der Waals surface area contributed by atoms with Crippen molar-refractivity contribution in [3.63, 3.8) is 0 Å². The van der Waals surface area contributed by atoms with Gasteiger partial charge in [-0.05, 0) is 23.8 Å². The van der Waals surface area contributed by atoms with E-state index in [2.05, 4.69) is 48.4 Å². The fourth-order valence-corrected chi connectivity index (χ4v) is 4.51. The van der Waals surface area contributed by atoms with Gasteiger partial charge in [-0.2, -0.15) is 5.10 Å². The molecule has 1 atom stereocenters. The Hall–Kier alpha value is -2.36. The Morgan fingerprint density at radius 1 is 1.17 bits per heavy atom. The number of benzene rings is 1. The van der Waals surface area contributed by atoms with Crippen molar-refractivity contribution in [2.75, 3.05) is 5.32 Å². The predicted octanol–water partition coefficient (Wildman–Crippen LogP) is 4.17. The van der Waals surface area contributed by atoms with Gasteiger partial charge in [-0.25, -0.2) is 0 Å². The highest BCUT2D eigenvalue weighted by atomic mass is 16.1. The highest BCUT2D eigenvalue weighted by Crippen LogP contribution is 2.53. The van der Waals surface area contributed by atoms with Crippen LogP contribution in [0.1, 0.15) is 51.2 Å². The number of allylic oxidation sites excluding steroid dienone is 2. The average molecular weight is 321 g/mol. The largest absolute Gasteiger partial charge is 0.342 e. The lowest BCUT2D eigenvalue weighted by Crippen LogP contribution is -2.43. The molecule has 1 aliphatic heterocycles. The number of ketones is 1. The molecule has 2 N–H and O–H groups in total. The molecule has 2 heterocycles. The second-order valence-corrected chi connectivity index (χ2v) is 7.69. The SMILES string of the molecule is CC[C@]1(c2ccccc2)C2=C(CC(C)(C)CC2=O)Nc2n[nH]cc21. The summed E-state index contributed by atoms with van der Waals surface area (Å²) in [5.74, 6) is 1.11. The van der Waals surface area contributed by atoms with Crippen molar-refractivity contribution in [1.82, 2.24) is 10.2 Å². The molecular weight excluding hydrogens is 298 g/mol. The van der Waals surface area contributed by atoms with Crippen LogP contribution in [0.5, 0.6) is 0 Å². The minimum absolute atomic E-state index is 0.0209. The molecule has 0 spiro atoms. The summed E-state index contributed by atoms with van der Waals surface area (Å²) < 4.78 is 0. The van der Waals surface area contributed by atoms with E-state index in [0.717, 1.165) is 41.1 Å². The lowest BCUT2D eigenvalue weighted by Gasteiger charge is -2.45. The third-order valence-corrected chi connectivity index (χ3v) is 5.47. The Bertz CT molecular complexity index is 832. The van der Waals surface area contributed by atoms with Crippen molar-refractivity contribution < 1.29 is 4.79 Å². The second kappa shape index (κ2) is 5.07. The van der Waals surface area contributed by atoms with Gasteiger partial charge in [-0.1, -0.05) is 51.1 Å². The van der Waals surface area contributed by atoms with Gasteiger partial charge in [0.25, 0.3) is 0 Å². The summed E-state index contributed by atoms with van der Waals surface area (Å²) in [6.45, 7) is 6.48. The second-order valence-electron chi connectivity index (χ2n) is 7.69. The molecule has 1 aliphatic carbocycles. The van der Waals surface area contributed by atoms with Crippen LogP contribution in [-0.4, -0.2) is 16.0 Å². The normalized spacial score (nSPS) is 25.0. The number of fused-ring (bicyclic) bond motifs is 1. The number of hydrogen-bond acceptors (Lipinski definition) is 3. The molecule has 0 fully saturated rings. The van der Waals surface area contributed by atoms with Crippen LogP contribution in [-0.2, 0) is 10.2 Å². The first-order chi connectivity index (χ1) is 11.5. The van der Waals surface area contributed by atoms with Crippen LogP contribution in [0, 0.1) is 5.41 Å². The molecule has 0 bridgehead atoms. The zero-order valence-electron chi connectivity index (χ0n) is 14.4. The molecule has 0 saturated heterocycles. The molecule has 4 rings (SSSR count). The van der Waals surface area contributed by atoms with Crippen LogP contribution in [0.25, 0.3) is 0 Å². The Balaban J connectivity index is 2.03. The Labute approximate surface area is 142 Å². The third kappa shape index (κ3) is 1.98. The van der Waals surface area contributed by atoms with Gasteiger partial charge < -0.3 is 5.32 Å². The van der Waals surface area contributed by atoms with Crippen molar-refractivity contribution in [3.8, 4) is 0 Å². The Morgan fingerprint density at radius 3 is 2.62 bits per heavy atom. The zero-order valence-corrected chi connectivity index (χ0v) is 14.4. The van der Waals surface area contributed by atoms with Gasteiger partial charge in [0.15, 0.2) is 11.6 Å². The van der Waals surface area contributed by atoms with Gasteiger partial charge >= 0.3 is 0 Å². The van der Waals surface area contributed by atoms with Gasteiger partial charge in [0.05, 0.1) is 5.41 Å². The molecule has 24 heavy (non-hydrogen) atoms. The molecule has 2 aromatic rings. The van der Waals surface area contributed by atoms with Gasteiger partial charge in [-0.15, -0.1) is 0 Å². The molecule has 1 aromatic carbocycles. The fraction of sp³-hybridized carbons (Fsp3) is 0.400. The third-order valence-electron chi connectivity index (χ3n) is 5.47. The molecule has 0 amide bonds. The summed E-state index contributed by atoms with van der Waals surface area (Å²) in [7, 11) is 0. The number of nitrogens with one attached hydrogen (secondary N) is 2. The average Bonchev–Trinajstić information content (AvgIpc) is 3.01. The van der Waals surface area contributed by atoms with Crippen molar-refractivity contribution in [1.29, 1.82) is 0 Å². The van der Waals surface area contributed by atoms with E-state index in [0.29, 0.717) is 6.42 Å². The summed E-state index contributed by atoms with van der Waals surface area (Å²) in [6, 6.07) is 10.4. The number of Topliss-reactive ketones (excluding diaryl/α,β-unsaturated/α-hetero) is 1. The van der Waals surface area contributed by atoms with E-state index in [4.69, 9.17) is 0 Å². The van der Waals surface area contributed by atoms with Gasteiger partial charge in [-0.3, -0.25) is 9.89 Å². The fourth-order valence-electron chi connectivity index (χ4n) is 4.51. The summed E-state index contributed by atoms with van der Waals surface area (Å²) in [5.41, 5.74) is 3.77. The number of H-pyrrole nitrogens is 1. The van der Waals surface area contributed by atoms with Crippen molar-refractivity contribution in [2.45, 2.75) is 45.4 Å². The maximum absolute atomic E-state index is 13.2. The zero-order chi connectivity index (χ0) is 16.9. The van der Waals surface area contributed by atoms with E-state index in [1.54, 1.807) is 0 Å². The van der Waals surface area contributed by atoms with Crippen LogP contribution >= 0.6 is 0 Å². The van der Waals surface area contributed by atoms with Gasteiger partial charge in [0.2, 0.25) is 0 Å². The lowest BCUT2D eigenvalue weighted by molar-refractivity contribution is -0.118. The van der Waals surface area contributed by atoms with E-state index in [1.807, 2.05) is 24.4 Å². The maximum atomic E-state index is 13.2. The Kier molecular flexibility index (Phi) is 3.21. The summed E-state index contributed by atoms with van der Waals surface area (Å²) in [4.78, 5) is 13.2. The first-order valence-electron chi connectivity index (χ1n) is 8.61. The van der Waals surface area contributed by atoms with E-state index in [1.165, 1.54) is 0 Å². The molecule has 2 aliphatic rings. The van der Waals surface area contributed by atoms with Crippen LogP contribution < -0.4 is 5.32 Å². The number of nitrogens with zero attached hydrogens (tertiary/aromatic N) is 1. The minimum atomic E-state index is -0.419. The van der Waals surface area contributed by atoms with Crippen LogP contribution in [0.4, 0.5) is 5.82 Å². The molecular formula is C20H23N3O. The number of carbonyl (C=O) groups excluding carboxylic acids is 1. The van der Waals surface area contributed by atoms with Crippen molar-refractivity contribution >= 4 is 11.6 Å². The highest BCUT2D eigenvalue weighted by molar-refractivity contribution is 6.02. The number of carbonyl (C=O) groups is 1. The molecule has 0 radical (unpaired) electrons. The first kappa shape index (κ1) is 15.2. The standard InChI is InChI=1S/C20H23N3O/c1-4-20(13-8-6-5-7-9-13)14-12-21-23-18(14)22-15-10-19(2,3)11-16(24)17(15)20/h5-9,12H,4,10-11H2,1-3H3,(H2,21,22,23)/t20-/m1/s1. The lowest BCUT2D eigenvalue weighted by atomic mass is 9.60. The van der Waals surface area contributed by atoms with Gasteiger partial charge in [0, 0.05) is 29.5 Å². The smallest absolute Gasteiger partial charge is 0.162 e. The number of hydrogen-bond donors (Lipinski definition) is 2. The first-order valence-corrected chi connectivity index (χ1v) is 8.61. The van der Waals surface area contributed by atoms with E-state index in [9.17, 15) is 4.79 Å². The van der Waals surface area contributed by atoms with Crippen LogP contribution in [0.2, 0.25) is 0 Å². The van der Waals surface area contributed by atoms with Crippen LogP contribution in [0.15, 0.2) is 47.8 Å². The van der Waals surface area contributed by atoms with Crippen LogP contribution in [0.3, 0.4) is 0 Å². The number of aromatic amines is 1. The van der Waals surface area contributed by atoms with E-state index >= 15 is 0 Å². The molecule has 0 unspecified atom stereocenters. The minimum Gasteiger partial charge on any atom is -0.342 e. The topological polar surface area (TPSA) is 57.8 Å². The number of aromatic nitrogens is 2. The maximum Gasteiger partial charge on any atom is 0.162 e. The van der Waals surface area contributed by atoms with Crippen molar-refractivity contribution in [3.05, 3.63) is 58.9 Å². The number of anilines is 1. The molecule has 1 aromatic heterocycles. The molecule has 4 nitrogen and oxygen atoms in total. The Morgan fingerprint density at radius 2 is 1.92 bits per heavy atom. The predicted molar refractivity (Wildman–Crippen MR) is 94.8 cm³/mol. The summed E-state index contributed by atoms with van der Waals surface area (Å²) >= 11 is 0. The van der Waals surface area contributed by atoms with Crippen molar-refractivity contribution in [2.24, 2.45) is 5.41 Å². The highest BCUT2D eigenvalue weighted by Gasteiger charge is 2.49. The monoisotopic (exact) mass is 321 g/mol. The molecule has 124 valence electrons.